The second-order valence-corrected chi connectivity index (χ2v) is 8.59. The third-order valence-corrected chi connectivity index (χ3v) is 3.76. The highest BCUT2D eigenvalue weighted by atomic mass is 16.5. The normalized spacial score (nSPS) is 23.7. The molecule has 21 heavy (non-hydrogen) atoms. The Morgan fingerprint density at radius 2 is 1.52 bits per heavy atom. The maximum absolute atomic E-state index is 6.25. The van der Waals surface area contributed by atoms with E-state index in [1.807, 2.05) is 0 Å². The Morgan fingerprint density at radius 1 is 1.00 bits per heavy atom. The van der Waals surface area contributed by atoms with Crippen molar-refractivity contribution in [3.63, 3.8) is 0 Å². The number of ether oxygens (including phenoxy) is 1. The molecule has 1 N–H and O–H groups in total. The molecular formula is C18H38N2O. The van der Waals surface area contributed by atoms with Crippen LogP contribution in [-0.2, 0) is 4.74 Å². The maximum atomic E-state index is 6.25. The second-order valence-electron chi connectivity index (χ2n) is 8.59. The van der Waals surface area contributed by atoms with Gasteiger partial charge in [0, 0.05) is 31.7 Å². The van der Waals surface area contributed by atoms with Crippen molar-refractivity contribution in [1.29, 1.82) is 0 Å². The molecular weight excluding hydrogens is 260 g/mol. The lowest BCUT2D eigenvalue weighted by Gasteiger charge is -2.29. The van der Waals surface area contributed by atoms with Gasteiger partial charge in [0.2, 0.25) is 0 Å². The van der Waals surface area contributed by atoms with Gasteiger partial charge in [-0.25, -0.2) is 0 Å². The summed E-state index contributed by atoms with van der Waals surface area (Å²) in [7, 11) is 0. The van der Waals surface area contributed by atoms with E-state index in [1.54, 1.807) is 0 Å². The fraction of sp³-hybridized carbons (Fsp3) is 1.00. The van der Waals surface area contributed by atoms with Crippen molar-refractivity contribution in [3.8, 4) is 0 Å². The van der Waals surface area contributed by atoms with E-state index in [0.29, 0.717) is 12.2 Å². The van der Waals surface area contributed by atoms with Crippen LogP contribution >= 0.6 is 0 Å². The highest BCUT2D eigenvalue weighted by molar-refractivity contribution is 4.81. The maximum Gasteiger partial charge on any atom is 0.0707 e. The first-order valence-corrected chi connectivity index (χ1v) is 8.78. The highest BCUT2D eigenvalue weighted by Gasteiger charge is 2.28. The fourth-order valence-electron chi connectivity index (χ4n) is 3.03. The molecule has 1 aliphatic rings. The number of rotatable bonds is 8. The van der Waals surface area contributed by atoms with Gasteiger partial charge in [-0.2, -0.15) is 0 Å². The summed E-state index contributed by atoms with van der Waals surface area (Å²) >= 11 is 0. The van der Waals surface area contributed by atoms with Crippen molar-refractivity contribution < 1.29 is 4.74 Å². The Morgan fingerprint density at radius 3 is 2.00 bits per heavy atom. The molecule has 2 atom stereocenters. The lowest BCUT2D eigenvalue weighted by molar-refractivity contribution is 0.0168. The van der Waals surface area contributed by atoms with Gasteiger partial charge in [0.1, 0.15) is 0 Å². The quantitative estimate of drug-likeness (QED) is 0.742. The lowest BCUT2D eigenvalue weighted by atomic mass is 10.1. The summed E-state index contributed by atoms with van der Waals surface area (Å²) < 4.78 is 6.25. The Bertz CT molecular complexity index is 273. The minimum absolute atomic E-state index is 0.183. The van der Waals surface area contributed by atoms with Crippen LogP contribution in [0.4, 0.5) is 0 Å². The van der Waals surface area contributed by atoms with Gasteiger partial charge in [-0.15, -0.1) is 0 Å². The van der Waals surface area contributed by atoms with E-state index in [9.17, 15) is 0 Å². The smallest absolute Gasteiger partial charge is 0.0707 e. The van der Waals surface area contributed by atoms with Gasteiger partial charge < -0.3 is 15.0 Å². The molecule has 0 spiro atoms. The molecule has 126 valence electrons. The van der Waals surface area contributed by atoms with E-state index in [4.69, 9.17) is 4.74 Å². The van der Waals surface area contributed by atoms with Crippen LogP contribution in [0.2, 0.25) is 0 Å². The van der Waals surface area contributed by atoms with Gasteiger partial charge >= 0.3 is 0 Å². The van der Waals surface area contributed by atoms with Crippen LogP contribution in [0.5, 0.6) is 0 Å². The fourth-order valence-corrected chi connectivity index (χ4v) is 3.03. The van der Waals surface area contributed by atoms with Crippen LogP contribution < -0.4 is 5.32 Å². The third kappa shape index (κ3) is 8.80. The zero-order valence-electron chi connectivity index (χ0n) is 15.4. The molecule has 1 saturated heterocycles. The molecule has 3 nitrogen and oxygen atoms in total. The summed E-state index contributed by atoms with van der Waals surface area (Å²) in [6.45, 7) is 20.3. The van der Waals surface area contributed by atoms with Gasteiger partial charge in [0.15, 0.2) is 0 Å². The molecule has 0 radical (unpaired) electrons. The van der Waals surface area contributed by atoms with Crippen molar-refractivity contribution in [2.45, 2.75) is 79.1 Å². The summed E-state index contributed by atoms with van der Waals surface area (Å²) in [5.41, 5.74) is 0.183. The van der Waals surface area contributed by atoms with Gasteiger partial charge in [-0.05, 0) is 45.4 Å². The Balaban J connectivity index is 2.36. The highest BCUT2D eigenvalue weighted by Crippen LogP contribution is 2.21. The summed E-state index contributed by atoms with van der Waals surface area (Å²) in [6.07, 6.45) is 3.23. The van der Waals surface area contributed by atoms with Crippen LogP contribution in [0, 0.1) is 11.8 Å². The average Bonchev–Trinajstić information content (AvgIpc) is 2.71. The Hall–Kier alpha value is -0.120. The molecule has 1 aliphatic heterocycles. The van der Waals surface area contributed by atoms with Gasteiger partial charge in [0.25, 0.3) is 0 Å². The molecule has 0 aromatic heterocycles. The molecule has 0 saturated carbocycles. The number of hydrogen-bond donors (Lipinski definition) is 1. The van der Waals surface area contributed by atoms with Crippen molar-refractivity contribution >= 4 is 0 Å². The first-order valence-electron chi connectivity index (χ1n) is 8.78. The monoisotopic (exact) mass is 298 g/mol. The summed E-state index contributed by atoms with van der Waals surface area (Å²) in [5, 5.41) is 3.56. The molecule has 0 aromatic rings. The SMILES string of the molecule is CC(C)CN(CC(C)C)CC1CCC(CNC(C)(C)C)O1. The van der Waals surface area contributed by atoms with Gasteiger partial charge in [-0.1, -0.05) is 27.7 Å². The van der Waals surface area contributed by atoms with E-state index in [0.717, 1.165) is 24.9 Å². The topological polar surface area (TPSA) is 24.5 Å². The Labute approximate surface area is 132 Å². The minimum atomic E-state index is 0.183. The van der Waals surface area contributed by atoms with Gasteiger partial charge in [0.05, 0.1) is 12.2 Å². The van der Waals surface area contributed by atoms with E-state index in [2.05, 4.69) is 58.7 Å². The zero-order chi connectivity index (χ0) is 16.0. The average molecular weight is 299 g/mol. The number of nitrogens with zero attached hydrogens (tertiary/aromatic N) is 1. The zero-order valence-corrected chi connectivity index (χ0v) is 15.4. The first-order chi connectivity index (χ1) is 9.65. The molecule has 1 heterocycles. The molecule has 0 bridgehead atoms. The molecule has 0 aliphatic carbocycles. The third-order valence-electron chi connectivity index (χ3n) is 3.76. The molecule has 1 rings (SSSR count). The van der Waals surface area contributed by atoms with Gasteiger partial charge in [-0.3, -0.25) is 0 Å². The molecule has 0 amide bonds. The van der Waals surface area contributed by atoms with E-state index >= 15 is 0 Å². The summed E-state index contributed by atoms with van der Waals surface area (Å²) in [6, 6.07) is 0. The molecule has 0 aromatic carbocycles. The summed E-state index contributed by atoms with van der Waals surface area (Å²) in [4.78, 5) is 2.60. The van der Waals surface area contributed by atoms with Crippen molar-refractivity contribution in [3.05, 3.63) is 0 Å². The molecule has 2 unspecified atom stereocenters. The molecule has 1 fully saturated rings. The minimum Gasteiger partial charge on any atom is -0.372 e. The van der Waals surface area contributed by atoms with E-state index in [1.165, 1.54) is 25.9 Å². The van der Waals surface area contributed by atoms with Crippen LogP contribution in [0.25, 0.3) is 0 Å². The van der Waals surface area contributed by atoms with E-state index < -0.39 is 0 Å². The van der Waals surface area contributed by atoms with Crippen molar-refractivity contribution in [2.75, 3.05) is 26.2 Å². The van der Waals surface area contributed by atoms with Crippen molar-refractivity contribution in [1.82, 2.24) is 10.2 Å². The predicted octanol–water partition coefficient (Wildman–Crippen LogP) is 3.54. The second kappa shape index (κ2) is 8.50. The molecule has 3 heteroatoms. The first kappa shape index (κ1) is 18.9. The predicted molar refractivity (Wildman–Crippen MR) is 91.8 cm³/mol. The van der Waals surface area contributed by atoms with Crippen LogP contribution in [0.1, 0.15) is 61.3 Å². The number of nitrogens with one attached hydrogen (secondary N) is 1. The lowest BCUT2D eigenvalue weighted by Crippen LogP contribution is -2.41. The Kier molecular flexibility index (Phi) is 7.66. The van der Waals surface area contributed by atoms with Crippen LogP contribution in [0.15, 0.2) is 0 Å². The number of hydrogen-bond acceptors (Lipinski definition) is 3. The largest absolute Gasteiger partial charge is 0.372 e. The van der Waals surface area contributed by atoms with Crippen LogP contribution in [-0.4, -0.2) is 48.8 Å². The standard InChI is InChI=1S/C18H38N2O/c1-14(2)11-20(12-15(3)4)13-17-9-8-16(21-17)10-19-18(5,6)7/h14-17,19H,8-13H2,1-7H3. The summed E-state index contributed by atoms with van der Waals surface area (Å²) in [5.74, 6) is 1.45. The van der Waals surface area contributed by atoms with E-state index in [-0.39, 0.29) is 5.54 Å². The van der Waals surface area contributed by atoms with Crippen molar-refractivity contribution in [2.24, 2.45) is 11.8 Å². The van der Waals surface area contributed by atoms with Crippen LogP contribution in [0.3, 0.4) is 0 Å².